The minimum Gasteiger partial charge on any atom is -0.374 e. The Morgan fingerprint density at radius 2 is 1.81 bits per heavy atom. The Labute approximate surface area is 188 Å². The molecule has 0 saturated carbocycles. The van der Waals surface area contributed by atoms with Gasteiger partial charge in [0.15, 0.2) is 5.16 Å². The largest absolute Gasteiger partial charge is 0.374 e. The highest BCUT2D eigenvalue weighted by atomic mass is 32.2. The van der Waals surface area contributed by atoms with Crippen molar-refractivity contribution in [1.29, 1.82) is 0 Å². The molecule has 1 amide bonds. The molecule has 3 rings (SSSR count). The van der Waals surface area contributed by atoms with E-state index in [2.05, 4.69) is 65.8 Å². The average molecular weight is 439 g/mol. The number of amides is 1. The van der Waals surface area contributed by atoms with E-state index in [1.807, 2.05) is 29.7 Å². The van der Waals surface area contributed by atoms with Gasteiger partial charge in [0.25, 0.3) is 0 Å². The Balaban J connectivity index is 1.38. The second-order valence-corrected chi connectivity index (χ2v) is 8.59. The van der Waals surface area contributed by atoms with E-state index in [0.717, 1.165) is 17.7 Å². The Kier molecular flexibility index (Phi) is 8.67. The van der Waals surface area contributed by atoms with Crippen molar-refractivity contribution >= 4 is 17.7 Å². The van der Waals surface area contributed by atoms with Crippen molar-refractivity contribution in [1.82, 2.24) is 20.1 Å². The monoisotopic (exact) mass is 438 g/mol. The lowest BCUT2D eigenvalue weighted by Crippen LogP contribution is -2.27. The van der Waals surface area contributed by atoms with Crippen molar-refractivity contribution in [2.75, 3.05) is 18.9 Å². The maximum atomic E-state index is 12.2. The van der Waals surface area contributed by atoms with E-state index in [4.69, 9.17) is 4.74 Å². The second-order valence-electron chi connectivity index (χ2n) is 7.65. The summed E-state index contributed by atoms with van der Waals surface area (Å²) in [5, 5.41) is 11.8. The van der Waals surface area contributed by atoms with Crippen LogP contribution in [0.4, 0.5) is 0 Å². The molecule has 3 aromatic rings. The summed E-state index contributed by atoms with van der Waals surface area (Å²) in [5.74, 6) is 0.759. The molecule has 2 aromatic carbocycles. The van der Waals surface area contributed by atoms with Crippen LogP contribution in [0.15, 0.2) is 66.1 Å². The molecule has 0 saturated heterocycles. The highest BCUT2D eigenvalue weighted by Crippen LogP contribution is 2.21. The van der Waals surface area contributed by atoms with Gasteiger partial charge in [-0.15, -0.1) is 10.2 Å². The predicted molar refractivity (Wildman–Crippen MR) is 125 cm³/mol. The van der Waals surface area contributed by atoms with E-state index in [-0.39, 0.29) is 12.0 Å². The van der Waals surface area contributed by atoms with Gasteiger partial charge in [-0.1, -0.05) is 68.1 Å². The molecular formula is C24H30N4O2S. The van der Waals surface area contributed by atoms with Gasteiger partial charge in [-0.25, -0.2) is 0 Å². The zero-order valence-corrected chi connectivity index (χ0v) is 19.1. The minimum atomic E-state index is -0.0224. The van der Waals surface area contributed by atoms with Crippen LogP contribution >= 0.6 is 11.8 Å². The Morgan fingerprint density at radius 1 is 1.06 bits per heavy atom. The van der Waals surface area contributed by atoms with Crippen molar-refractivity contribution in [2.45, 2.75) is 44.4 Å². The first-order valence-corrected chi connectivity index (χ1v) is 11.6. The van der Waals surface area contributed by atoms with Crippen LogP contribution in [0.5, 0.6) is 0 Å². The lowest BCUT2D eigenvalue weighted by Gasteiger charge is -2.13. The first-order valence-electron chi connectivity index (χ1n) is 10.6. The maximum Gasteiger partial charge on any atom is 0.230 e. The lowest BCUT2D eigenvalue weighted by atomic mass is 10.0. The number of hydrogen-bond donors (Lipinski definition) is 1. The van der Waals surface area contributed by atoms with E-state index < -0.39 is 0 Å². The molecule has 0 spiro atoms. The molecular weight excluding hydrogens is 408 g/mol. The third kappa shape index (κ3) is 6.94. The van der Waals surface area contributed by atoms with Crippen LogP contribution in [-0.2, 0) is 9.53 Å². The normalized spacial score (nSPS) is 12.1. The summed E-state index contributed by atoms with van der Waals surface area (Å²) in [7, 11) is 0. The molecule has 1 atom stereocenters. The molecule has 1 aromatic heterocycles. The minimum absolute atomic E-state index is 0.0224. The summed E-state index contributed by atoms with van der Waals surface area (Å²) in [5.41, 5.74) is 3.43. The van der Waals surface area contributed by atoms with Gasteiger partial charge in [0.1, 0.15) is 6.33 Å². The third-order valence-electron chi connectivity index (χ3n) is 4.97. The molecule has 7 heteroatoms. The van der Waals surface area contributed by atoms with Gasteiger partial charge in [-0.2, -0.15) is 0 Å². The van der Waals surface area contributed by atoms with Crippen LogP contribution in [-0.4, -0.2) is 39.6 Å². The van der Waals surface area contributed by atoms with E-state index in [9.17, 15) is 4.79 Å². The summed E-state index contributed by atoms with van der Waals surface area (Å²) in [6.07, 6.45) is 2.50. The standard InChI is InChI=1S/C24H30N4O2S/c1-18(2)20-10-12-22(13-11-20)28-17-26-27-24(28)31-16-23(29)25-14-7-15-30-19(3)21-8-5-4-6-9-21/h4-6,8-13,17-19H,7,14-16H2,1-3H3,(H,25,29). The number of ether oxygens (including phenoxy) is 1. The molecule has 1 heterocycles. The molecule has 164 valence electrons. The molecule has 0 radical (unpaired) electrons. The average Bonchev–Trinajstić information content (AvgIpc) is 3.26. The van der Waals surface area contributed by atoms with Gasteiger partial charge in [0, 0.05) is 18.8 Å². The van der Waals surface area contributed by atoms with Crippen molar-refractivity contribution < 1.29 is 9.53 Å². The van der Waals surface area contributed by atoms with Gasteiger partial charge >= 0.3 is 0 Å². The van der Waals surface area contributed by atoms with Gasteiger partial charge in [-0.3, -0.25) is 9.36 Å². The molecule has 0 bridgehead atoms. The fourth-order valence-corrected chi connectivity index (χ4v) is 3.84. The molecule has 0 aliphatic rings. The van der Waals surface area contributed by atoms with Crippen LogP contribution in [0.25, 0.3) is 5.69 Å². The van der Waals surface area contributed by atoms with Gasteiger partial charge in [0.05, 0.1) is 11.9 Å². The van der Waals surface area contributed by atoms with Crippen LogP contribution in [0, 0.1) is 0 Å². The highest BCUT2D eigenvalue weighted by Gasteiger charge is 2.11. The molecule has 1 unspecified atom stereocenters. The maximum absolute atomic E-state index is 12.2. The van der Waals surface area contributed by atoms with Crippen molar-refractivity contribution in [2.24, 2.45) is 0 Å². The number of nitrogens with zero attached hydrogens (tertiary/aromatic N) is 3. The molecule has 6 nitrogen and oxygen atoms in total. The van der Waals surface area contributed by atoms with Crippen LogP contribution < -0.4 is 5.32 Å². The highest BCUT2D eigenvalue weighted by molar-refractivity contribution is 7.99. The SMILES string of the molecule is CC(C)c1ccc(-n2cnnc2SCC(=O)NCCCOC(C)c2ccccc2)cc1. The Morgan fingerprint density at radius 3 is 2.52 bits per heavy atom. The van der Waals surface area contributed by atoms with Gasteiger partial charge < -0.3 is 10.1 Å². The zero-order valence-electron chi connectivity index (χ0n) is 18.3. The lowest BCUT2D eigenvalue weighted by molar-refractivity contribution is -0.118. The fraction of sp³-hybridized carbons (Fsp3) is 0.375. The summed E-state index contributed by atoms with van der Waals surface area (Å²) in [6, 6.07) is 18.5. The number of aromatic nitrogens is 3. The topological polar surface area (TPSA) is 69.0 Å². The van der Waals surface area contributed by atoms with Crippen molar-refractivity contribution in [3.8, 4) is 5.69 Å². The van der Waals surface area contributed by atoms with Crippen LogP contribution in [0.3, 0.4) is 0 Å². The van der Waals surface area contributed by atoms with Gasteiger partial charge in [-0.05, 0) is 42.5 Å². The second kappa shape index (κ2) is 11.7. The quantitative estimate of drug-likeness (QED) is 0.345. The summed E-state index contributed by atoms with van der Waals surface area (Å²) in [6.45, 7) is 7.57. The first-order chi connectivity index (χ1) is 15.0. The third-order valence-corrected chi connectivity index (χ3v) is 5.91. The summed E-state index contributed by atoms with van der Waals surface area (Å²) in [4.78, 5) is 12.2. The molecule has 0 aliphatic carbocycles. The number of carbonyl (C=O) groups is 1. The molecule has 31 heavy (non-hydrogen) atoms. The number of benzene rings is 2. The Bertz CT molecular complexity index is 942. The number of rotatable bonds is 11. The summed E-state index contributed by atoms with van der Waals surface area (Å²) < 4.78 is 7.74. The molecule has 0 fully saturated rings. The zero-order chi connectivity index (χ0) is 22.1. The number of thioether (sulfide) groups is 1. The van der Waals surface area contributed by atoms with E-state index in [1.54, 1.807) is 6.33 Å². The first kappa shape index (κ1) is 23.0. The van der Waals surface area contributed by atoms with E-state index in [1.165, 1.54) is 17.3 Å². The van der Waals surface area contributed by atoms with Crippen molar-refractivity contribution in [3.05, 3.63) is 72.1 Å². The summed E-state index contributed by atoms with van der Waals surface area (Å²) >= 11 is 1.38. The van der Waals surface area contributed by atoms with Crippen LogP contribution in [0.1, 0.15) is 50.3 Å². The molecule has 1 N–H and O–H groups in total. The predicted octanol–water partition coefficient (Wildman–Crippen LogP) is 4.77. The number of nitrogens with one attached hydrogen (secondary N) is 1. The number of carbonyl (C=O) groups excluding carboxylic acids is 1. The van der Waals surface area contributed by atoms with E-state index in [0.29, 0.717) is 30.0 Å². The fourth-order valence-electron chi connectivity index (χ4n) is 3.08. The molecule has 0 aliphatic heterocycles. The van der Waals surface area contributed by atoms with Crippen LogP contribution in [0.2, 0.25) is 0 Å². The number of hydrogen-bond acceptors (Lipinski definition) is 5. The van der Waals surface area contributed by atoms with Crippen molar-refractivity contribution in [3.63, 3.8) is 0 Å². The smallest absolute Gasteiger partial charge is 0.230 e. The van der Waals surface area contributed by atoms with E-state index >= 15 is 0 Å². The Hall–Kier alpha value is -2.64. The van der Waals surface area contributed by atoms with Gasteiger partial charge in [0.2, 0.25) is 5.91 Å².